The second kappa shape index (κ2) is 17.3. The predicted molar refractivity (Wildman–Crippen MR) is 179 cm³/mol. The second-order valence-electron chi connectivity index (χ2n) is 11.7. The summed E-state index contributed by atoms with van der Waals surface area (Å²) in [5.74, 6) is -0.429. The van der Waals surface area contributed by atoms with Gasteiger partial charge in [0.05, 0.1) is 13.2 Å². The molecule has 1 atom stereocenters. The molecule has 1 saturated heterocycles. The summed E-state index contributed by atoms with van der Waals surface area (Å²) >= 11 is 0. The Bertz CT molecular complexity index is 1590. The molecule has 5 rings (SSSR count). The Hall–Kier alpha value is -5.20. The lowest BCUT2D eigenvalue weighted by atomic mass is 10.0. The van der Waals surface area contributed by atoms with Gasteiger partial charge in [0.1, 0.15) is 23.6 Å². The van der Waals surface area contributed by atoms with E-state index >= 15 is 0 Å². The number of hydrogen-bond acceptors (Lipinski definition) is 10. The zero-order chi connectivity index (χ0) is 34.6. The molecule has 0 bridgehead atoms. The van der Waals surface area contributed by atoms with E-state index in [4.69, 9.17) is 18.9 Å². The van der Waals surface area contributed by atoms with Gasteiger partial charge in [-0.3, -0.25) is 9.59 Å². The molecule has 1 aliphatic carbocycles. The van der Waals surface area contributed by atoms with Crippen LogP contribution in [0.1, 0.15) is 55.6 Å². The fourth-order valence-electron chi connectivity index (χ4n) is 5.84. The van der Waals surface area contributed by atoms with Crippen molar-refractivity contribution in [1.29, 1.82) is 0 Å². The first-order valence-corrected chi connectivity index (χ1v) is 16.8. The molecule has 0 spiro atoms. The fourth-order valence-corrected chi connectivity index (χ4v) is 5.84. The first kappa shape index (κ1) is 35.1. The second-order valence-corrected chi connectivity index (χ2v) is 11.7. The minimum Gasteiger partial charge on any atom is -0.482 e. The zero-order valence-electron chi connectivity index (χ0n) is 28.0. The SMILES string of the molecule is CCOC(=O)COc1ccccc1CC(NC(=O)c1cc(OC2CCCC2)nc(-c2ccccc2)n1)C(=O)N1CCN(C(=O)OCC)CC1. The van der Waals surface area contributed by atoms with E-state index in [-0.39, 0.29) is 57.0 Å². The normalized spacial score (nSPS) is 15.3. The predicted octanol–water partition coefficient (Wildman–Crippen LogP) is 4.05. The maximum atomic E-state index is 14.1. The van der Waals surface area contributed by atoms with Crippen LogP contribution in [0.5, 0.6) is 11.6 Å². The molecule has 13 heteroatoms. The van der Waals surface area contributed by atoms with Crippen molar-refractivity contribution in [1.82, 2.24) is 25.1 Å². The summed E-state index contributed by atoms with van der Waals surface area (Å²) in [6.07, 6.45) is 3.58. The quantitative estimate of drug-likeness (QED) is 0.264. The number of amides is 3. The van der Waals surface area contributed by atoms with Crippen molar-refractivity contribution in [3.8, 4) is 23.0 Å². The van der Waals surface area contributed by atoms with Crippen LogP contribution >= 0.6 is 0 Å². The topological polar surface area (TPSA) is 149 Å². The maximum absolute atomic E-state index is 14.1. The number of nitrogens with zero attached hydrogens (tertiary/aromatic N) is 4. The molecular formula is C36H43N5O8. The van der Waals surface area contributed by atoms with Gasteiger partial charge in [-0.15, -0.1) is 0 Å². The van der Waals surface area contributed by atoms with Gasteiger partial charge < -0.3 is 34.1 Å². The lowest BCUT2D eigenvalue weighted by molar-refractivity contribution is -0.145. The summed E-state index contributed by atoms with van der Waals surface area (Å²) in [6, 6.07) is 16.8. The molecule has 3 aromatic rings. The van der Waals surface area contributed by atoms with Crippen LogP contribution < -0.4 is 14.8 Å². The Morgan fingerprint density at radius 3 is 2.24 bits per heavy atom. The molecule has 2 fully saturated rings. The van der Waals surface area contributed by atoms with Crippen LogP contribution in [0.3, 0.4) is 0 Å². The van der Waals surface area contributed by atoms with Crippen LogP contribution in [-0.4, -0.2) is 102 Å². The van der Waals surface area contributed by atoms with E-state index in [0.717, 1.165) is 25.7 Å². The van der Waals surface area contributed by atoms with E-state index in [1.165, 1.54) is 6.07 Å². The number of aromatic nitrogens is 2. The van der Waals surface area contributed by atoms with E-state index in [9.17, 15) is 19.2 Å². The Balaban J connectivity index is 1.41. The van der Waals surface area contributed by atoms with Crippen LogP contribution in [0, 0.1) is 0 Å². The third kappa shape index (κ3) is 9.68. The average Bonchev–Trinajstić information content (AvgIpc) is 3.64. The Morgan fingerprint density at radius 2 is 1.53 bits per heavy atom. The van der Waals surface area contributed by atoms with Crippen LogP contribution in [-0.2, 0) is 25.5 Å². The Morgan fingerprint density at radius 1 is 0.857 bits per heavy atom. The largest absolute Gasteiger partial charge is 0.482 e. The molecule has 0 radical (unpaired) electrons. The van der Waals surface area contributed by atoms with E-state index < -0.39 is 24.0 Å². The number of carbonyl (C=O) groups excluding carboxylic acids is 4. The van der Waals surface area contributed by atoms with Crippen molar-refractivity contribution in [3.63, 3.8) is 0 Å². The summed E-state index contributed by atoms with van der Waals surface area (Å²) in [5, 5.41) is 2.92. The number of benzene rings is 2. The Kier molecular flexibility index (Phi) is 12.4. The number of rotatable bonds is 13. The van der Waals surface area contributed by atoms with E-state index in [2.05, 4.69) is 15.3 Å². The van der Waals surface area contributed by atoms with E-state index in [1.54, 1.807) is 47.9 Å². The summed E-state index contributed by atoms with van der Waals surface area (Å²) in [7, 11) is 0. The van der Waals surface area contributed by atoms with Crippen molar-refractivity contribution in [2.24, 2.45) is 0 Å². The number of ether oxygens (including phenoxy) is 4. The van der Waals surface area contributed by atoms with Crippen molar-refractivity contribution in [2.75, 3.05) is 46.0 Å². The molecule has 260 valence electrons. The number of nitrogens with one attached hydrogen (secondary N) is 1. The third-order valence-corrected chi connectivity index (χ3v) is 8.33. The molecule has 49 heavy (non-hydrogen) atoms. The molecule has 13 nitrogen and oxygen atoms in total. The molecule has 2 aromatic carbocycles. The lowest BCUT2D eigenvalue weighted by Gasteiger charge is -2.36. The third-order valence-electron chi connectivity index (χ3n) is 8.33. The minimum absolute atomic E-state index is 0.00291. The Labute approximate surface area is 285 Å². The van der Waals surface area contributed by atoms with E-state index in [1.807, 2.05) is 30.3 Å². The summed E-state index contributed by atoms with van der Waals surface area (Å²) < 4.78 is 22.1. The summed E-state index contributed by atoms with van der Waals surface area (Å²) in [4.78, 5) is 64.8. The summed E-state index contributed by atoms with van der Waals surface area (Å²) in [5.41, 5.74) is 1.38. The molecule has 2 heterocycles. The van der Waals surface area contributed by atoms with Gasteiger partial charge in [-0.2, -0.15) is 4.98 Å². The number of carbonyl (C=O) groups is 4. The number of esters is 1. The van der Waals surface area contributed by atoms with Gasteiger partial charge in [0.2, 0.25) is 11.8 Å². The number of piperazine rings is 1. The van der Waals surface area contributed by atoms with Crippen LogP contribution in [0.2, 0.25) is 0 Å². The van der Waals surface area contributed by atoms with Gasteiger partial charge in [-0.05, 0) is 51.2 Å². The molecule has 2 aliphatic rings. The molecule has 1 saturated carbocycles. The van der Waals surface area contributed by atoms with Crippen LogP contribution in [0.15, 0.2) is 60.7 Å². The lowest BCUT2D eigenvalue weighted by Crippen LogP contribution is -2.56. The highest BCUT2D eigenvalue weighted by Crippen LogP contribution is 2.26. The molecule has 1 N–H and O–H groups in total. The summed E-state index contributed by atoms with van der Waals surface area (Å²) in [6.45, 7) is 4.72. The molecule has 1 aromatic heterocycles. The van der Waals surface area contributed by atoms with Crippen LogP contribution in [0.25, 0.3) is 11.4 Å². The zero-order valence-corrected chi connectivity index (χ0v) is 28.0. The molecular weight excluding hydrogens is 630 g/mol. The average molecular weight is 674 g/mol. The van der Waals surface area contributed by atoms with Gasteiger partial charge >= 0.3 is 12.1 Å². The maximum Gasteiger partial charge on any atom is 0.409 e. The highest BCUT2D eigenvalue weighted by molar-refractivity contribution is 5.97. The standard InChI is InChI=1S/C36H43N5O8/c1-3-46-32(42)24-48-30-17-11-8-14-26(30)22-29(35(44)40-18-20-41(21-19-40)36(45)47-4-2)38-34(43)28-23-31(49-27-15-9-10-16-27)39-33(37-28)25-12-6-5-7-13-25/h5-8,11-14,17,23,27,29H,3-4,9-10,15-16,18-22,24H2,1-2H3,(H,38,43). The first-order chi connectivity index (χ1) is 23.8. The van der Waals surface area contributed by atoms with Crippen molar-refractivity contribution < 1.29 is 38.1 Å². The first-order valence-electron chi connectivity index (χ1n) is 16.8. The highest BCUT2D eigenvalue weighted by atomic mass is 16.6. The van der Waals surface area contributed by atoms with Gasteiger partial charge in [0.15, 0.2) is 12.4 Å². The van der Waals surface area contributed by atoms with Gasteiger partial charge in [-0.25, -0.2) is 14.6 Å². The highest BCUT2D eigenvalue weighted by Gasteiger charge is 2.32. The van der Waals surface area contributed by atoms with Crippen molar-refractivity contribution in [3.05, 3.63) is 71.9 Å². The number of para-hydroxylation sites is 1. The molecule has 1 aliphatic heterocycles. The molecule has 1 unspecified atom stereocenters. The van der Waals surface area contributed by atoms with E-state index in [0.29, 0.717) is 41.7 Å². The molecule has 3 amide bonds. The van der Waals surface area contributed by atoms with Gasteiger partial charge in [0, 0.05) is 44.2 Å². The van der Waals surface area contributed by atoms with Crippen LogP contribution in [0.4, 0.5) is 4.79 Å². The fraction of sp³-hybridized carbons (Fsp3) is 0.444. The van der Waals surface area contributed by atoms with Crippen molar-refractivity contribution >= 4 is 23.9 Å². The monoisotopic (exact) mass is 673 g/mol. The minimum atomic E-state index is -1.04. The van der Waals surface area contributed by atoms with Crippen molar-refractivity contribution in [2.45, 2.75) is 58.1 Å². The smallest absolute Gasteiger partial charge is 0.409 e. The number of hydrogen-bond donors (Lipinski definition) is 1. The van der Waals surface area contributed by atoms with Gasteiger partial charge in [0.25, 0.3) is 5.91 Å². The van der Waals surface area contributed by atoms with Gasteiger partial charge in [-0.1, -0.05) is 48.5 Å².